The van der Waals surface area contributed by atoms with Crippen LogP contribution in [0.5, 0.6) is 0 Å². The van der Waals surface area contributed by atoms with E-state index in [1.54, 1.807) is 24.3 Å². The Kier molecular flexibility index (Phi) is 3.68. The number of primary amides is 1. The zero-order chi connectivity index (χ0) is 11.3. The van der Waals surface area contributed by atoms with Gasteiger partial charge in [-0.25, -0.2) is 4.79 Å². The van der Waals surface area contributed by atoms with E-state index in [9.17, 15) is 9.59 Å². The monoisotopic (exact) mass is 208 g/mol. The van der Waals surface area contributed by atoms with E-state index < -0.39 is 6.09 Å². The van der Waals surface area contributed by atoms with Crippen LogP contribution in [0.1, 0.15) is 12.5 Å². The molecule has 15 heavy (non-hydrogen) atoms. The third kappa shape index (κ3) is 3.68. The molecule has 0 spiro atoms. The molecule has 3 N–H and O–H groups in total. The Hall–Kier alpha value is -2.04. The number of hydrogen-bond donors (Lipinski definition) is 2. The summed E-state index contributed by atoms with van der Waals surface area (Å²) in [5.41, 5.74) is 6.16. The molecule has 0 saturated heterocycles. The van der Waals surface area contributed by atoms with E-state index in [1.165, 1.54) is 6.92 Å². The highest BCUT2D eigenvalue weighted by Crippen LogP contribution is 2.15. The summed E-state index contributed by atoms with van der Waals surface area (Å²) >= 11 is 0. The summed E-state index contributed by atoms with van der Waals surface area (Å²) in [6.07, 6.45) is -0.840. The van der Waals surface area contributed by atoms with E-state index in [1.807, 2.05) is 0 Å². The van der Waals surface area contributed by atoms with Gasteiger partial charge in [0.15, 0.2) is 0 Å². The number of carbonyl (C=O) groups is 2. The SMILES string of the molecule is CC(=O)Nc1ccccc1COC(N)=O. The average Bonchev–Trinajstić information content (AvgIpc) is 2.15. The zero-order valence-corrected chi connectivity index (χ0v) is 8.32. The highest BCUT2D eigenvalue weighted by molar-refractivity contribution is 5.89. The van der Waals surface area contributed by atoms with E-state index >= 15 is 0 Å². The number of anilines is 1. The van der Waals surface area contributed by atoms with Crippen molar-refractivity contribution in [1.82, 2.24) is 0 Å². The van der Waals surface area contributed by atoms with Gasteiger partial charge in [0.1, 0.15) is 6.61 Å². The molecule has 0 aromatic heterocycles. The molecule has 0 fully saturated rings. The maximum Gasteiger partial charge on any atom is 0.404 e. The molecular weight excluding hydrogens is 196 g/mol. The topological polar surface area (TPSA) is 81.4 Å². The molecule has 5 heteroatoms. The van der Waals surface area contributed by atoms with Gasteiger partial charge < -0.3 is 15.8 Å². The smallest absolute Gasteiger partial charge is 0.404 e. The fraction of sp³-hybridized carbons (Fsp3) is 0.200. The molecule has 0 bridgehead atoms. The lowest BCUT2D eigenvalue weighted by Crippen LogP contribution is -2.14. The maximum atomic E-state index is 10.9. The van der Waals surface area contributed by atoms with Gasteiger partial charge in [0, 0.05) is 18.2 Å². The third-order valence-corrected chi connectivity index (χ3v) is 1.70. The first kappa shape index (κ1) is 11.0. The first-order chi connectivity index (χ1) is 7.09. The van der Waals surface area contributed by atoms with Crippen LogP contribution in [0.2, 0.25) is 0 Å². The summed E-state index contributed by atoms with van der Waals surface area (Å²) in [4.78, 5) is 21.3. The molecule has 1 aromatic carbocycles. The highest BCUT2D eigenvalue weighted by atomic mass is 16.5. The predicted octanol–water partition coefficient (Wildman–Crippen LogP) is 1.24. The quantitative estimate of drug-likeness (QED) is 0.784. The summed E-state index contributed by atoms with van der Waals surface area (Å²) < 4.78 is 4.64. The third-order valence-electron chi connectivity index (χ3n) is 1.70. The lowest BCUT2D eigenvalue weighted by Gasteiger charge is -2.08. The number of amides is 2. The van der Waals surface area contributed by atoms with Gasteiger partial charge in [-0.05, 0) is 6.07 Å². The van der Waals surface area contributed by atoms with Crippen LogP contribution in [0, 0.1) is 0 Å². The van der Waals surface area contributed by atoms with Gasteiger partial charge in [0.25, 0.3) is 0 Å². The van der Waals surface area contributed by atoms with Gasteiger partial charge in [-0.1, -0.05) is 18.2 Å². The van der Waals surface area contributed by atoms with Gasteiger partial charge in [0.2, 0.25) is 5.91 Å². The minimum atomic E-state index is -0.840. The van der Waals surface area contributed by atoms with E-state index in [0.717, 1.165) is 0 Å². The van der Waals surface area contributed by atoms with E-state index in [-0.39, 0.29) is 12.5 Å². The molecule has 5 nitrogen and oxygen atoms in total. The standard InChI is InChI=1S/C10H12N2O3/c1-7(13)12-9-5-3-2-4-8(9)6-15-10(11)14/h2-5H,6H2,1H3,(H2,11,14)(H,12,13). The molecular formula is C10H12N2O3. The van der Waals surface area contributed by atoms with Crippen molar-refractivity contribution in [2.75, 3.05) is 5.32 Å². The molecule has 0 radical (unpaired) electrons. The molecule has 2 amide bonds. The summed E-state index contributed by atoms with van der Waals surface area (Å²) in [6.45, 7) is 1.46. The molecule has 0 aliphatic rings. The lowest BCUT2D eigenvalue weighted by atomic mass is 10.2. The van der Waals surface area contributed by atoms with Crippen molar-refractivity contribution >= 4 is 17.7 Å². The van der Waals surface area contributed by atoms with Crippen molar-refractivity contribution in [2.45, 2.75) is 13.5 Å². The number of rotatable bonds is 3. The Labute approximate surface area is 87.2 Å². The minimum absolute atomic E-state index is 0.0474. The number of para-hydroxylation sites is 1. The Morgan fingerprint density at radius 2 is 2.07 bits per heavy atom. The molecule has 0 aliphatic carbocycles. The molecule has 0 atom stereocenters. The molecule has 0 heterocycles. The number of nitrogens with one attached hydrogen (secondary N) is 1. The number of nitrogens with two attached hydrogens (primary N) is 1. The van der Waals surface area contributed by atoms with Gasteiger partial charge in [-0.2, -0.15) is 0 Å². The van der Waals surface area contributed by atoms with Crippen molar-refractivity contribution in [3.8, 4) is 0 Å². The predicted molar refractivity (Wildman–Crippen MR) is 55.1 cm³/mol. The van der Waals surface area contributed by atoms with Crippen LogP contribution in [0.25, 0.3) is 0 Å². The molecule has 0 unspecified atom stereocenters. The van der Waals surface area contributed by atoms with Crippen molar-refractivity contribution in [2.24, 2.45) is 5.73 Å². The Balaban J connectivity index is 2.76. The first-order valence-corrected chi connectivity index (χ1v) is 4.37. The van der Waals surface area contributed by atoms with Crippen LogP contribution in [-0.4, -0.2) is 12.0 Å². The molecule has 1 aromatic rings. The van der Waals surface area contributed by atoms with Crippen LogP contribution >= 0.6 is 0 Å². The van der Waals surface area contributed by atoms with Gasteiger partial charge in [-0.3, -0.25) is 4.79 Å². The van der Waals surface area contributed by atoms with Gasteiger partial charge >= 0.3 is 6.09 Å². The van der Waals surface area contributed by atoms with Crippen LogP contribution < -0.4 is 11.1 Å². The van der Waals surface area contributed by atoms with Gasteiger partial charge in [0.05, 0.1) is 0 Å². The van der Waals surface area contributed by atoms with E-state index in [0.29, 0.717) is 11.3 Å². The second-order valence-corrected chi connectivity index (χ2v) is 2.95. The van der Waals surface area contributed by atoms with Crippen molar-refractivity contribution in [1.29, 1.82) is 0 Å². The van der Waals surface area contributed by atoms with Crippen molar-refractivity contribution < 1.29 is 14.3 Å². The van der Waals surface area contributed by atoms with Gasteiger partial charge in [-0.15, -0.1) is 0 Å². The second kappa shape index (κ2) is 4.99. The largest absolute Gasteiger partial charge is 0.445 e. The Bertz CT molecular complexity index is 377. The number of carbonyl (C=O) groups excluding carboxylic acids is 2. The van der Waals surface area contributed by atoms with Crippen LogP contribution in [0.3, 0.4) is 0 Å². The van der Waals surface area contributed by atoms with Crippen LogP contribution in [0.4, 0.5) is 10.5 Å². The minimum Gasteiger partial charge on any atom is -0.445 e. The fourth-order valence-corrected chi connectivity index (χ4v) is 1.11. The van der Waals surface area contributed by atoms with Crippen molar-refractivity contribution in [3.63, 3.8) is 0 Å². The highest BCUT2D eigenvalue weighted by Gasteiger charge is 2.04. The summed E-state index contributed by atoms with van der Waals surface area (Å²) in [6, 6.07) is 7.03. The van der Waals surface area contributed by atoms with E-state index in [4.69, 9.17) is 5.73 Å². The number of benzene rings is 1. The van der Waals surface area contributed by atoms with Crippen molar-refractivity contribution in [3.05, 3.63) is 29.8 Å². The maximum absolute atomic E-state index is 10.9. The lowest BCUT2D eigenvalue weighted by molar-refractivity contribution is -0.114. The van der Waals surface area contributed by atoms with Crippen LogP contribution in [-0.2, 0) is 16.1 Å². The zero-order valence-electron chi connectivity index (χ0n) is 8.32. The molecule has 1 rings (SSSR count). The molecule has 80 valence electrons. The number of ether oxygens (including phenoxy) is 1. The first-order valence-electron chi connectivity index (χ1n) is 4.37. The summed E-state index contributed by atoms with van der Waals surface area (Å²) in [5.74, 6) is -0.179. The molecule has 0 aliphatic heterocycles. The average molecular weight is 208 g/mol. The number of hydrogen-bond acceptors (Lipinski definition) is 3. The second-order valence-electron chi connectivity index (χ2n) is 2.95. The Morgan fingerprint density at radius 3 is 2.67 bits per heavy atom. The Morgan fingerprint density at radius 1 is 1.40 bits per heavy atom. The van der Waals surface area contributed by atoms with Crippen LogP contribution in [0.15, 0.2) is 24.3 Å². The summed E-state index contributed by atoms with van der Waals surface area (Å²) in [7, 11) is 0. The fourth-order valence-electron chi connectivity index (χ4n) is 1.11. The molecule has 0 saturated carbocycles. The van der Waals surface area contributed by atoms with E-state index in [2.05, 4.69) is 10.1 Å². The summed E-state index contributed by atoms with van der Waals surface area (Å²) in [5, 5.41) is 2.63. The normalized spacial score (nSPS) is 9.40.